The van der Waals surface area contributed by atoms with Gasteiger partial charge in [0.15, 0.2) is 0 Å². The highest BCUT2D eigenvalue weighted by Gasteiger charge is 2.12. The number of rotatable bonds is 2. The maximum Gasteiger partial charge on any atom is 0.420 e. The number of aromatic nitrogens is 5. The van der Waals surface area contributed by atoms with Crippen LogP contribution in [0.5, 0.6) is 5.88 Å². The van der Waals surface area contributed by atoms with Gasteiger partial charge in [0.05, 0.1) is 0 Å². The molecule has 19 heavy (non-hydrogen) atoms. The monoisotopic (exact) mass is 284 g/mol. The van der Waals surface area contributed by atoms with Crippen LogP contribution in [0.1, 0.15) is 0 Å². The zero-order chi connectivity index (χ0) is 14.0. The number of tetrazole rings is 1. The molecule has 9 nitrogen and oxygen atoms in total. The van der Waals surface area contributed by atoms with Crippen molar-refractivity contribution in [1.82, 2.24) is 24.8 Å². The molecule has 2 heterocycles. The highest BCUT2D eigenvalue weighted by Crippen LogP contribution is 2.11. The molecule has 1 N–H and O–H groups in total. The predicted octanol–water partition coefficient (Wildman–Crippen LogP) is 0.173. The van der Waals surface area contributed by atoms with E-state index in [1.165, 1.54) is 23.9 Å². The number of nitrogens with one attached hydrogen (secondary N) is 1. The Kier molecular flexibility index (Phi) is 3.47. The fraction of sp³-hybridized carbons (Fsp3) is 0.222. The van der Waals surface area contributed by atoms with E-state index < -0.39 is 11.7 Å². The van der Waals surface area contributed by atoms with Crippen molar-refractivity contribution in [3.63, 3.8) is 0 Å². The number of carbonyl (C=O) groups excluding carboxylic acids is 1. The SMILES string of the molecule is Cn1nnnc1NC(=O)Oc1ccc(Cl)c(=O)n1C. The van der Waals surface area contributed by atoms with Gasteiger partial charge in [-0.1, -0.05) is 16.7 Å². The molecular formula is C9H9ClN6O3. The molecule has 0 radical (unpaired) electrons. The average molecular weight is 285 g/mol. The van der Waals surface area contributed by atoms with Crippen molar-refractivity contribution in [3.8, 4) is 5.88 Å². The number of hydrogen-bond acceptors (Lipinski definition) is 6. The summed E-state index contributed by atoms with van der Waals surface area (Å²) in [6.07, 6.45) is -0.824. The highest BCUT2D eigenvalue weighted by atomic mass is 35.5. The summed E-state index contributed by atoms with van der Waals surface area (Å²) in [6.45, 7) is 0. The molecule has 0 bridgehead atoms. The first-order valence-electron chi connectivity index (χ1n) is 5.06. The van der Waals surface area contributed by atoms with Gasteiger partial charge in [0.2, 0.25) is 5.88 Å². The minimum absolute atomic E-state index is 0.0350. The predicted molar refractivity (Wildman–Crippen MR) is 65.1 cm³/mol. The second kappa shape index (κ2) is 5.06. The first-order valence-corrected chi connectivity index (χ1v) is 5.43. The number of aryl methyl sites for hydroxylation is 1. The summed E-state index contributed by atoms with van der Waals surface area (Å²) in [6, 6.07) is 2.74. The fourth-order valence-corrected chi connectivity index (χ4v) is 1.43. The molecule has 0 fully saturated rings. The van der Waals surface area contributed by atoms with Crippen molar-refractivity contribution in [2.24, 2.45) is 14.1 Å². The van der Waals surface area contributed by atoms with Gasteiger partial charge in [0.25, 0.3) is 11.5 Å². The van der Waals surface area contributed by atoms with E-state index in [1.807, 2.05) is 0 Å². The molecule has 0 atom stereocenters. The lowest BCUT2D eigenvalue weighted by molar-refractivity contribution is 0.211. The molecule has 0 aromatic carbocycles. The zero-order valence-corrected chi connectivity index (χ0v) is 10.7. The molecule has 0 spiro atoms. The number of amides is 1. The van der Waals surface area contributed by atoms with Gasteiger partial charge >= 0.3 is 6.09 Å². The number of anilines is 1. The number of carbonyl (C=O) groups is 1. The van der Waals surface area contributed by atoms with Gasteiger partial charge in [-0.25, -0.2) is 9.48 Å². The van der Waals surface area contributed by atoms with Gasteiger partial charge < -0.3 is 4.74 Å². The lowest BCUT2D eigenvalue weighted by Crippen LogP contribution is -2.24. The largest absolute Gasteiger partial charge is 0.420 e. The molecule has 1 amide bonds. The first-order chi connectivity index (χ1) is 8.99. The lowest BCUT2D eigenvalue weighted by atomic mass is 10.4. The lowest BCUT2D eigenvalue weighted by Gasteiger charge is -2.08. The van der Waals surface area contributed by atoms with E-state index >= 15 is 0 Å². The highest BCUT2D eigenvalue weighted by molar-refractivity contribution is 6.30. The van der Waals surface area contributed by atoms with Crippen molar-refractivity contribution in [1.29, 1.82) is 0 Å². The molecule has 2 rings (SSSR count). The third-order valence-corrected chi connectivity index (χ3v) is 2.53. The summed E-state index contributed by atoms with van der Waals surface area (Å²) in [5.41, 5.74) is -0.465. The summed E-state index contributed by atoms with van der Waals surface area (Å²) >= 11 is 5.64. The van der Waals surface area contributed by atoms with Crippen molar-refractivity contribution in [2.75, 3.05) is 5.32 Å². The van der Waals surface area contributed by atoms with Crippen molar-refractivity contribution < 1.29 is 9.53 Å². The second-order valence-electron chi connectivity index (χ2n) is 3.52. The van der Waals surface area contributed by atoms with Crippen LogP contribution in [-0.4, -0.2) is 30.9 Å². The van der Waals surface area contributed by atoms with Gasteiger partial charge in [-0.05, 0) is 16.5 Å². The van der Waals surface area contributed by atoms with E-state index in [2.05, 4.69) is 20.8 Å². The Bertz CT molecular complexity index is 679. The smallest absolute Gasteiger partial charge is 0.393 e. The molecule has 0 aliphatic heterocycles. The normalized spacial score (nSPS) is 10.3. The van der Waals surface area contributed by atoms with Gasteiger partial charge in [0.1, 0.15) is 5.02 Å². The molecule has 0 aliphatic rings. The third-order valence-electron chi connectivity index (χ3n) is 2.24. The zero-order valence-electron chi connectivity index (χ0n) is 9.99. The van der Waals surface area contributed by atoms with E-state index in [1.54, 1.807) is 7.05 Å². The van der Waals surface area contributed by atoms with Gasteiger partial charge in [-0.2, -0.15) is 0 Å². The Morgan fingerprint density at radius 1 is 1.42 bits per heavy atom. The fourth-order valence-electron chi connectivity index (χ4n) is 1.24. The van der Waals surface area contributed by atoms with Crippen LogP contribution in [0.3, 0.4) is 0 Å². The van der Waals surface area contributed by atoms with Crippen LogP contribution in [0.25, 0.3) is 0 Å². The molecule has 0 saturated carbocycles. The van der Waals surface area contributed by atoms with Crippen LogP contribution in [0.2, 0.25) is 5.02 Å². The Morgan fingerprint density at radius 2 is 2.16 bits per heavy atom. The van der Waals surface area contributed by atoms with Crippen LogP contribution < -0.4 is 15.6 Å². The Hall–Kier alpha value is -2.42. The van der Waals surface area contributed by atoms with E-state index in [0.717, 1.165) is 4.57 Å². The van der Waals surface area contributed by atoms with Crippen LogP contribution in [0.4, 0.5) is 10.7 Å². The molecule has 0 unspecified atom stereocenters. The van der Waals surface area contributed by atoms with Crippen LogP contribution >= 0.6 is 11.6 Å². The molecular weight excluding hydrogens is 276 g/mol. The second-order valence-corrected chi connectivity index (χ2v) is 3.93. The number of ether oxygens (including phenoxy) is 1. The molecule has 2 aromatic heterocycles. The van der Waals surface area contributed by atoms with E-state index in [9.17, 15) is 9.59 Å². The maximum atomic E-state index is 11.6. The Labute approximate surface area is 111 Å². The Morgan fingerprint density at radius 3 is 2.79 bits per heavy atom. The van der Waals surface area contributed by atoms with Gasteiger partial charge in [-0.3, -0.25) is 14.7 Å². The van der Waals surface area contributed by atoms with E-state index in [-0.39, 0.29) is 16.9 Å². The maximum absolute atomic E-state index is 11.6. The Balaban J connectivity index is 2.14. The summed E-state index contributed by atoms with van der Waals surface area (Å²) < 4.78 is 7.31. The summed E-state index contributed by atoms with van der Waals surface area (Å²) in [4.78, 5) is 23.1. The van der Waals surface area contributed by atoms with Gasteiger partial charge in [0, 0.05) is 20.2 Å². The minimum atomic E-state index is -0.824. The topological polar surface area (TPSA) is 104 Å². The third kappa shape index (κ3) is 2.71. The van der Waals surface area contributed by atoms with Crippen molar-refractivity contribution in [2.45, 2.75) is 0 Å². The van der Waals surface area contributed by atoms with Crippen LogP contribution in [0.15, 0.2) is 16.9 Å². The van der Waals surface area contributed by atoms with Crippen molar-refractivity contribution >= 4 is 23.6 Å². The van der Waals surface area contributed by atoms with E-state index in [4.69, 9.17) is 16.3 Å². The number of hydrogen-bond donors (Lipinski definition) is 1. The molecule has 0 saturated heterocycles. The number of nitrogens with zero attached hydrogens (tertiary/aromatic N) is 5. The minimum Gasteiger partial charge on any atom is -0.393 e. The molecule has 10 heteroatoms. The van der Waals surface area contributed by atoms with Crippen LogP contribution in [0, 0.1) is 0 Å². The van der Waals surface area contributed by atoms with Gasteiger partial charge in [-0.15, -0.1) is 0 Å². The summed E-state index contributed by atoms with van der Waals surface area (Å²) in [5.74, 6) is 0.158. The van der Waals surface area contributed by atoms with Crippen LogP contribution in [-0.2, 0) is 14.1 Å². The summed E-state index contributed by atoms with van der Waals surface area (Å²) in [5, 5.41) is 12.8. The first kappa shape index (κ1) is 13.0. The van der Waals surface area contributed by atoms with E-state index in [0.29, 0.717) is 0 Å². The quantitative estimate of drug-likeness (QED) is 0.843. The molecule has 100 valence electrons. The standard InChI is InChI=1S/C9H9ClN6O3/c1-15-6(4-3-5(10)7(15)17)19-9(18)11-8-12-13-14-16(8)2/h3-4H,1-2H3,(H,11,12,14,18). The molecule has 0 aliphatic carbocycles. The number of halogens is 1. The average Bonchev–Trinajstić information content (AvgIpc) is 2.76. The summed E-state index contributed by atoms with van der Waals surface area (Å²) in [7, 11) is 2.98. The number of pyridine rings is 1. The molecule has 2 aromatic rings. The van der Waals surface area contributed by atoms with Crippen molar-refractivity contribution in [3.05, 3.63) is 27.5 Å².